The summed E-state index contributed by atoms with van der Waals surface area (Å²) < 4.78 is 23.8. The summed E-state index contributed by atoms with van der Waals surface area (Å²) in [5.41, 5.74) is 1.60. The molecule has 1 atom stereocenters. The lowest BCUT2D eigenvalue weighted by Crippen LogP contribution is -2.31. The third kappa shape index (κ3) is 9.94. The van der Waals surface area contributed by atoms with E-state index in [0.717, 1.165) is 19.5 Å². The molecule has 1 aromatic rings. The molecule has 0 unspecified atom stereocenters. The van der Waals surface area contributed by atoms with E-state index in [-0.39, 0.29) is 17.2 Å². The number of carbonyl (C=O) groups excluding carboxylic acids is 2. The van der Waals surface area contributed by atoms with Crippen LogP contribution in [-0.4, -0.2) is 103 Å². The molecule has 0 spiro atoms. The van der Waals surface area contributed by atoms with E-state index < -0.39 is 0 Å². The van der Waals surface area contributed by atoms with E-state index in [1.807, 2.05) is 4.90 Å². The monoisotopic (exact) mass is 533 g/mol. The summed E-state index contributed by atoms with van der Waals surface area (Å²) in [6.07, 6.45) is 6.49. The van der Waals surface area contributed by atoms with Crippen LogP contribution in [0.5, 0.6) is 0 Å². The van der Waals surface area contributed by atoms with Gasteiger partial charge in [-0.25, -0.2) is 4.68 Å². The lowest BCUT2D eigenvalue weighted by molar-refractivity contribution is -0.131. The predicted molar refractivity (Wildman–Crippen MR) is 141 cm³/mol. The highest BCUT2D eigenvalue weighted by Gasteiger charge is 2.33. The molecule has 1 aromatic heterocycles. The molecule has 0 aromatic carbocycles. The Morgan fingerprint density at radius 3 is 2.21 bits per heavy atom. The molecule has 0 N–H and O–H groups in total. The van der Waals surface area contributed by atoms with Crippen molar-refractivity contribution in [1.82, 2.24) is 24.8 Å². The molecule has 11 nitrogen and oxygen atoms in total. The van der Waals surface area contributed by atoms with E-state index >= 15 is 0 Å². The van der Waals surface area contributed by atoms with Gasteiger partial charge in [-0.1, -0.05) is 32.6 Å². The quantitative estimate of drug-likeness (QED) is 0.280. The van der Waals surface area contributed by atoms with Crippen molar-refractivity contribution in [3.05, 3.63) is 36.3 Å². The van der Waals surface area contributed by atoms with Crippen molar-refractivity contribution in [2.24, 2.45) is 11.3 Å². The zero-order chi connectivity index (χ0) is 27.4. The minimum atomic E-state index is -0.0954. The normalized spacial score (nSPS) is 17.8. The van der Waals surface area contributed by atoms with Crippen LogP contribution in [0.3, 0.4) is 0 Å². The van der Waals surface area contributed by atoms with Crippen LogP contribution < -0.4 is 0 Å². The first-order valence-electron chi connectivity index (χ1n) is 13.4. The van der Waals surface area contributed by atoms with Crippen LogP contribution in [0.15, 0.2) is 30.6 Å². The second-order valence-corrected chi connectivity index (χ2v) is 10.6. The van der Waals surface area contributed by atoms with Gasteiger partial charge >= 0.3 is 0 Å². The maximum absolute atomic E-state index is 12.3. The Balaban J connectivity index is 1.08. The van der Waals surface area contributed by atoms with Crippen molar-refractivity contribution in [3.63, 3.8) is 0 Å². The average Bonchev–Trinajstić information content (AvgIpc) is 3.62. The van der Waals surface area contributed by atoms with E-state index in [4.69, 9.17) is 18.9 Å². The number of hydrogen-bond acceptors (Lipinski definition) is 8. The highest BCUT2D eigenvalue weighted by Crippen LogP contribution is 2.33. The predicted octanol–water partition coefficient (Wildman–Crippen LogP) is 2.04. The molecular weight excluding hydrogens is 490 g/mol. The van der Waals surface area contributed by atoms with Crippen LogP contribution in [0.25, 0.3) is 0 Å². The number of rotatable bonds is 17. The fraction of sp³-hybridized carbons (Fsp3) is 0.704. The SMILES string of the molecule is C=C1C=CC(=O)N1Cc1cn(CCOCCOCCOCCOCCC(=O)N2CC[C@@H](C(C)(C)C)C2)nn1. The largest absolute Gasteiger partial charge is 0.379 e. The summed E-state index contributed by atoms with van der Waals surface area (Å²) in [5.74, 6) is 0.656. The molecule has 0 bridgehead atoms. The third-order valence-corrected chi connectivity index (χ3v) is 6.74. The van der Waals surface area contributed by atoms with Crippen LogP contribution in [0, 0.1) is 11.3 Å². The summed E-state index contributed by atoms with van der Waals surface area (Å²) in [6.45, 7) is 16.9. The molecule has 11 heteroatoms. The first-order valence-corrected chi connectivity index (χ1v) is 13.4. The molecular formula is C27H43N5O6. The maximum atomic E-state index is 12.3. The van der Waals surface area contributed by atoms with Gasteiger partial charge in [0.15, 0.2) is 0 Å². The number of amides is 2. The number of nitrogens with zero attached hydrogens (tertiary/aromatic N) is 5. The highest BCUT2D eigenvalue weighted by molar-refractivity contribution is 5.92. The van der Waals surface area contributed by atoms with Crippen molar-refractivity contribution in [1.29, 1.82) is 0 Å². The van der Waals surface area contributed by atoms with Crippen LogP contribution in [0.2, 0.25) is 0 Å². The molecule has 38 heavy (non-hydrogen) atoms. The van der Waals surface area contributed by atoms with Gasteiger partial charge < -0.3 is 28.7 Å². The molecule has 0 aliphatic carbocycles. The van der Waals surface area contributed by atoms with E-state index in [1.54, 1.807) is 21.9 Å². The first kappa shape index (κ1) is 29.9. The van der Waals surface area contributed by atoms with Gasteiger partial charge in [-0.15, -0.1) is 5.10 Å². The standard InChI is InChI=1S/C27H43N5O6/c1-22-5-6-26(34)32(22)21-24-20-31(29-28-24)10-12-36-14-16-38-18-17-37-15-13-35-11-8-25(33)30-9-7-23(19-30)27(2,3)4/h5-6,20,23H,1,7-19,21H2,2-4H3/t23-/m1/s1. The summed E-state index contributed by atoms with van der Waals surface area (Å²) >= 11 is 0. The number of aromatic nitrogens is 3. The smallest absolute Gasteiger partial charge is 0.251 e. The van der Waals surface area contributed by atoms with Crippen LogP contribution in [-0.2, 0) is 41.6 Å². The van der Waals surface area contributed by atoms with Gasteiger partial charge in [0.05, 0.1) is 78.6 Å². The Morgan fingerprint density at radius 1 is 1.00 bits per heavy atom. The van der Waals surface area contributed by atoms with Crippen LogP contribution in [0.1, 0.15) is 39.3 Å². The van der Waals surface area contributed by atoms with Crippen molar-refractivity contribution >= 4 is 11.8 Å². The molecule has 2 aliphatic rings. The van der Waals surface area contributed by atoms with Gasteiger partial charge in [0, 0.05) is 24.9 Å². The first-order chi connectivity index (χ1) is 18.2. The summed E-state index contributed by atoms with van der Waals surface area (Å²) in [4.78, 5) is 27.6. The lowest BCUT2D eigenvalue weighted by atomic mass is 9.80. The topological polar surface area (TPSA) is 108 Å². The van der Waals surface area contributed by atoms with Crippen molar-refractivity contribution in [2.75, 3.05) is 65.9 Å². The van der Waals surface area contributed by atoms with Crippen molar-refractivity contribution in [3.8, 4) is 0 Å². The molecule has 3 rings (SSSR count). The Kier molecular flexibility index (Phi) is 11.9. The van der Waals surface area contributed by atoms with Crippen LogP contribution >= 0.6 is 0 Å². The van der Waals surface area contributed by atoms with Gasteiger partial charge in [0.1, 0.15) is 5.69 Å². The Morgan fingerprint density at radius 2 is 1.63 bits per heavy atom. The summed E-state index contributed by atoms with van der Waals surface area (Å²) in [7, 11) is 0. The Labute approximate surface area is 225 Å². The van der Waals surface area contributed by atoms with Gasteiger partial charge in [0.25, 0.3) is 5.91 Å². The number of allylic oxidation sites excluding steroid dienone is 1. The zero-order valence-corrected chi connectivity index (χ0v) is 23.1. The molecule has 1 fully saturated rings. The second-order valence-electron chi connectivity index (χ2n) is 10.6. The summed E-state index contributed by atoms with van der Waals surface area (Å²) in [6, 6.07) is 0. The van der Waals surface area contributed by atoms with E-state index in [0.29, 0.717) is 89.7 Å². The molecule has 0 radical (unpaired) electrons. The Hall–Kier alpha value is -2.60. The minimum Gasteiger partial charge on any atom is -0.379 e. The molecule has 2 amide bonds. The van der Waals surface area contributed by atoms with E-state index in [2.05, 4.69) is 37.7 Å². The van der Waals surface area contributed by atoms with Gasteiger partial charge in [0.2, 0.25) is 5.91 Å². The molecule has 0 saturated carbocycles. The third-order valence-electron chi connectivity index (χ3n) is 6.74. The molecule has 212 valence electrons. The van der Waals surface area contributed by atoms with Gasteiger partial charge in [-0.2, -0.15) is 0 Å². The highest BCUT2D eigenvalue weighted by atomic mass is 16.6. The van der Waals surface area contributed by atoms with E-state index in [9.17, 15) is 9.59 Å². The fourth-order valence-corrected chi connectivity index (χ4v) is 4.28. The zero-order valence-electron chi connectivity index (χ0n) is 23.1. The number of hydrogen-bond donors (Lipinski definition) is 0. The minimum absolute atomic E-state index is 0.0954. The molecule has 3 heterocycles. The van der Waals surface area contributed by atoms with Crippen LogP contribution in [0.4, 0.5) is 0 Å². The van der Waals surface area contributed by atoms with Crippen molar-refractivity contribution in [2.45, 2.75) is 46.7 Å². The van der Waals surface area contributed by atoms with Gasteiger partial charge in [-0.3, -0.25) is 9.59 Å². The number of likely N-dealkylation sites (tertiary alicyclic amines) is 1. The second kappa shape index (κ2) is 15.1. The lowest BCUT2D eigenvalue weighted by Gasteiger charge is -2.27. The van der Waals surface area contributed by atoms with Crippen molar-refractivity contribution < 1.29 is 28.5 Å². The number of ether oxygens (including phenoxy) is 4. The Bertz CT molecular complexity index is 923. The molecule has 2 aliphatic heterocycles. The summed E-state index contributed by atoms with van der Waals surface area (Å²) in [5, 5.41) is 8.15. The molecule has 1 saturated heterocycles. The van der Waals surface area contributed by atoms with Gasteiger partial charge in [-0.05, 0) is 23.8 Å². The average molecular weight is 534 g/mol. The van der Waals surface area contributed by atoms with E-state index in [1.165, 1.54) is 6.08 Å². The number of carbonyl (C=O) groups is 2. The maximum Gasteiger partial charge on any atom is 0.251 e. The fourth-order valence-electron chi connectivity index (χ4n) is 4.28.